The van der Waals surface area contributed by atoms with E-state index in [1.165, 1.54) is 48.5 Å². The van der Waals surface area contributed by atoms with Crippen molar-refractivity contribution in [1.82, 2.24) is 39.6 Å². The van der Waals surface area contributed by atoms with E-state index in [-0.39, 0.29) is 38.9 Å². The third-order valence-electron chi connectivity index (χ3n) is 9.33. The van der Waals surface area contributed by atoms with E-state index < -0.39 is 118 Å². The fourth-order valence-corrected chi connectivity index (χ4v) is 8.70. The Labute approximate surface area is 328 Å². The number of hydrogen-bond donors (Lipinski definition) is 3. The molecule has 0 radical (unpaired) electrons. The second-order valence-corrected chi connectivity index (χ2v) is 15.3. The van der Waals surface area contributed by atoms with Crippen LogP contribution in [0.4, 0.5) is 17.1 Å². The number of fused-ring (bicyclic) bond motifs is 20. The van der Waals surface area contributed by atoms with E-state index in [0.717, 1.165) is 12.1 Å². The zero-order valence-corrected chi connectivity index (χ0v) is 30.5. The van der Waals surface area contributed by atoms with Crippen LogP contribution in [0.2, 0.25) is 0 Å². The van der Waals surface area contributed by atoms with Gasteiger partial charge in [-0.05, 0) is 10.7 Å². The number of nitro groups is 4. The highest BCUT2D eigenvalue weighted by molar-refractivity contribution is 7.86. The van der Waals surface area contributed by atoms with Gasteiger partial charge in [-0.2, -0.15) is 16.8 Å². The Hall–Kier alpha value is -8.34. The van der Waals surface area contributed by atoms with E-state index >= 15 is 0 Å². The molecule has 0 saturated carbocycles. The van der Waals surface area contributed by atoms with Crippen LogP contribution in [0.3, 0.4) is 0 Å². The maximum absolute atomic E-state index is 13.1. The average molecular weight is 855 g/mol. The summed E-state index contributed by atoms with van der Waals surface area (Å²) in [4.78, 5) is 71.6. The van der Waals surface area contributed by atoms with E-state index in [9.17, 15) is 66.4 Å². The number of aromatic amines is 1. The monoisotopic (exact) mass is 854 g/mol. The molecule has 3 N–H and O–H groups in total. The molecule has 0 unspecified atom stereocenters. The SMILES string of the molecule is O=[N+]([O-])c1c([N+](=O)[O-])c(S(=O)(=O)O)c2c3nc4nc(nc5c6ccccc6c(nc6nc(nc([nH]3)c2c1[N+](=O)[O-])-c1ccccc1-6)n5[N+](=O)[O-])-c1cccc(S(=O)(=O)O)c1-4. The first-order chi connectivity index (χ1) is 28.4. The summed E-state index contributed by atoms with van der Waals surface area (Å²) in [7, 11) is -11.2. The fraction of sp³-hybridized carbons (Fsp3) is 0. The van der Waals surface area contributed by atoms with Gasteiger partial charge < -0.3 is 4.98 Å². The number of rotatable bonds is 6. The molecule has 0 aliphatic carbocycles. The van der Waals surface area contributed by atoms with Gasteiger partial charge in [-0.25, -0.2) is 40.0 Å². The highest BCUT2D eigenvalue weighted by Crippen LogP contribution is 2.50. The number of benzene rings is 4. The molecule has 0 spiro atoms. The molecule has 3 aromatic heterocycles. The molecule has 4 aromatic carbocycles. The van der Waals surface area contributed by atoms with Crippen molar-refractivity contribution in [2.24, 2.45) is 0 Å². The van der Waals surface area contributed by atoms with E-state index in [0.29, 0.717) is 4.68 Å². The third kappa shape index (κ3) is 5.39. The van der Waals surface area contributed by atoms with Gasteiger partial charge in [-0.15, -0.1) is 0 Å². The van der Waals surface area contributed by atoms with Crippen molar-refractivity contribution in [3.8, 4) is 45.6 Å². The summed E-state index contributed by atoms with van der Waals surface area (Å²) >= 11 is 0. The summed E-state index contributed by atoms with van der Waals surface area (Å²) in [5.74, 6) is -1.95. The first-order valence-corrected chi connectivity index (χ1v) is 19.2. The Morgan fingerprint density at radius 3 is 1.55 bits per heavy atom. The molecule has 26 nitrogen and oxygen atoms in total. The maximum atomic E-state index is 13.1. The van der Waals surface area contributed by atoms with Gasteiger partial charge >= 0.3 is 27.2 Å². The average Bonchev–Trinajstić information content (AvgIpc) is 3.90. The van der Waals surface area contributed by atoms with Crippen molar-refractivity contribution in [1.29, 1.82) is 0 Å². The molecule has 2 aliphatic rings. The summed E-state index contributed by atoms with van der Waals surface area (Å²) in [6.45, 7) is 0. The fourth-order valence-electron chi connectivity index (χ4n) is 7.11. The van der Waals surface area contributed by atoms with Crippen LogP contribution >= 0.6 is 0 Å². The van der Waals surface area contributed by atoms with Gasteiger partial charge in [0.25, 0.3) is 10.1 Å². The second-order valence-electron chi connectivity index (χ2n) is 12.6. The van der Waals surface area contributed by atoms with E-state index in [1.54, 1.807) is 6.07 Å². The van der Waals surface area contributed by atoms with Crippen molar-refractivity contribution < 1.29 is 45.7 Å². The van der Waals surface area contributed by atoms with Crippen LogP contribution < -0.4 is 0 Å². The molecule has 2 aliphatic heterocycles. The highest BCUT2D eigenvalue weighted by atomic mass is 32.2. The van der Waals surface area contributed by atoms with Crippen LogP contribution in [0.1, 0.15) is 0 Å². The molecule has 8 bridgehead atoms. The van der Waals surface area contributed by atoms with E-state index in [4.69, 9.17) is 0 Å². The Balaban J connectivity index is 1.66. The van der Waals surface area contributed by atoms with Gasteiger partial charge in [0.1, 0.15) is 21.6 Å². The van der Waals surface area contributed by atoms with Crippen LogP contribution in [0.25, 0.3) is 89.7 Å². The number of aromatic nitrogens is 8. The van der Waals surface area contributed by atoms with E-state index in [1.807, 2.05) is 0 Å². The lowest BCUT2D eigenvalue weighted by Crippen LogP contribution is -2.09. The van der Waals surface area contributed by atoms with Crippen LogP contribution in [0.15, 0.2) is 76.5 Å². The maximum Gasteiger partial charge on any atom is 0.424 e. The van der Waals surface area contributed by atoms with Crippen molar-refractivity contribution in [3.05, 3.63) is 107 Å². The van der Waals surface area contributed by atoms with Crippen LogP contribution in [0.5, 0.6) is 0 Å². The summed E-state index contributed by atoms with van der Waals surface area (Å²) in [5.41, 5.74) is -8.91. The van der Waals surface area contributed by atoms with Crippen LogP contribution in [0, 0.1) is 40.5 Å². The standard InChI is InChI=1S/C32H14N12O14S2/c45-41(46)21-19-20(24(60(56,57)58)23(43(49)50)22(21)42(47)48)30-36-28-18-16(10-5-11-17(18)59(53,54)55)27(35-28)39-32-15-9-4-3-8-14(15)31(40(32)44(51)52)38-26-13-7-2-1-6-12(13)25(33-26)34-29(19)37-30/h1-11H,(H,53,54,55)(H,56,57,58)(H,33,34,35,36,37,38,39). The number of nitro benzene ring substituents is 3. The summed E-state index contributed by atoms with van der Waals surface area (Å²) in [5, 5.41) is 47.5. The highest BCUT2D eigenvalue weighted by Gasteiger charge is 2.48. The van der Waals surface area contributed by atoms with Crippen molar-refractivity contribution in [3.63, 3.8) is 0 Å². The first kappa shape index (κ1) is 37.2. The first-order valence-electron chi connectivity index (χ1n) is 16.3. The summed E-state index contributed by atoms with van der Waals surface area (Å²) in [6.07, 6.45) is 0. The topological polar surface area (TPSA) is 379 Å². The molecule has 0 amide bonds. The smallest absolute Gasteiger partial charge is 0.323 e. The van der Waals surface area contributed by atoms with Gasteiger partial charge in [0.15, 0.2) is 33.2 Å². The molecular formula is C32H14N12O14S2. The summed E-state index contributed by atoms with van der Waals surface area (Å²) in [6, 6.07) is 15.2. The predicted octanol–water partition coefficient (Wildman–Crippen LogP) is 4.60. The number of hydrogen-bond acceptors (Lipinski definition) is 18. The van der Waals surface area contributed by atoms with Crippen molar-refractivity contribution in [2.75, 3.05) is 0 Å². The quantitative estimate of drug-likeness (QED) is 0.117. The van der Waals surface area contributed by atoms with Gasteiger partial charge in [0.05, 0.1) is 25.7 Å². The van der Waals surface area contributed by atoms with Gasteiger partial charge in [-0.3, -0.25) is 39.4 Å². The number of H-pyrrole nitrogens is 1. The van der Waals surface area contributed by atoms with Crippen molar-refractivity contribution in [2.45, 2.75) is 9.79 Å². The molecule has 60 heavy (non-hydrogen) atoms. The second kappa shape index (κ2) is 12.6. The minimum atomic E-state index is -6.00. The minimum Gasteiger partial charge on any atom is -0.323 e. The molecule has 298 valence electrons. The van der Waals surface area contributed by atoms with E-state index in [2.05, 4.69) is 34.9 Å². The minimum absolute atomic E-state index is 0.106. The number of nitrogens with one attached hydrogen (secondary N) is 1. The molecule has 0 atom stereocenters. The van der Waals surface area contributed by atoms with Gasteiger partial charge in [0, 0.05) is 27.5 Å². The Bertz CT molecular complexity index is 3650. The Morgan fingerprint density at radius 2 is 1.02 bits per heavy atom. The van der Waals surface area contributed by atoms with Crippen molar-refractivity contribution >= 4 is 81.4 Å². The predicted molar refractivity (Wildman–Crippen MR) is 202 cm³/mol. The Morgan fingerprint density at radius 1 is 0.533 bits per heavy atom. The largest absolute Gasteiger partial charge is 0.424 e. The third-order valence-corrected chi connectivity index (χ3v) is 11.1. The molecule has 5 heterocycles. The normalized spacial score (nSPS) is 12.3. The molecule has 0 fully saturated rings. The van der Waals surface area contributed by atoms with Gasteiger partial charge in [-0.1, -0.05) is 60.7 Å². The zero-order chi connectivity index (χ0) is 42.7. The van der Waals surface area contributed by atoms with Gasteiger partial charge in [0.2, 0.25) is 11.3 Å². The number of nitrogens with zero attached hydrogens (tertiary/aromatic N) is 11. The Kier molecular flexibility index (Phi) is 7.81. The lowest BCUT2D eigenvalue weighted by Gasteiger charge is -2.05. The molecular weight excluding hydrogens is 841 g/mol. The molecule has 28 heteroatoms. The zero-order valence-electron chi connectivity index (χ0n) is 28.9. The molecule has 0 saturated heterocycles. The molecule has 7 aromatic rings. The lowest BCUT2D eigenvalue weighted by molar-refractivity contribution is -0.534. The van der Waals surface area contributed by atoms with Crippen LogP contribution in [-0.4, -0.2) is 85.3 Å². The molecule has 9 rings (SSSR count). The van der Waals surface area contributed by atoms with Crippen LogP contribution in [-0.2, 0) is 20.2 Å². The lowest BCUT2D eigenvalue weighted by atomic mass is 10.1. The summed E-state index contributed by atoms with van der Waals surface area (Å²) < 4.78 is 73.0.